The minimum absolute atomic E-state index is 0. The van der Waals surface area contributed by atoms with Gasteiger partial charge in [0.2, 0.25) is 0 Å². The third-order valence-corrected chi connectivity index (χ3v) is 30.2. The van der Waals surface area contributed by atoms with Crippen LogP contribution in [0.1, 0.15) is 112 Å². The summed E-state index contributed by atoms with van der Waals surface area (Å²) in [6, 6.07) is 167. The molecule has 713 valence electrons. The van der Waals surface area contributed by atoms with E-state index in [9.17, 15) is 0 Å². The summed E-state index contributed by atoms with van der Waals surface area (Å²) >= 11 is 0. The molecule has 13 aliphatic rings. The molecular formula is C139H108B4N6Y-4. The fraction of sp³-hybridized carbons (Fsp3) is 0.0719. The number of hydrogen-bond acceptors (Lipinski definition) is 5. The Morgan fingerprint density at radius 1 is 0.213 bits per heavy atom. The smallest absolute Gasteiger partial charge is 0.380 e. The zero-order valence-electron chi connectivity index (χ0n) is 83.9. The summed E-state index contributed by atoms with van der Waals surface area (Å²) in [5.74, 6) is 10.2. The van der Waals surface area contributed by atoms with Crippen LogP contribution in [0.2, 0.25) is 0 Å². The summed E-state index contributed by atoms with van der Waals surface area (Å²) < 4.78 is 11.9. The monoisotopic (exact) mass is 1990 g/mol. The van der Waals surface area contributed by atoms with Crippen LogP contribution < -0.4 is 0 Å². The van der Waals surface area contributed by atoms with Gasteiger partial charge in [0.25, 0.3) is 0 Å². The first-order valence-electron chi connectivity index (χ1n) is 52.3. The number of rotatable bonds is 4. The molecule has 6 nitrogen and oxygen atoms in total. The van der Waals surface area contributed by atoms with Crippen molar-refractivity contribution in [1.29, 1.82) is 0 Å². The van der Waals surface area contributed by atoms with Gasteiger partial charge in [0.1, 0.15) is 5.82 Å². The van der Waals surface area contributed by atoms with E-state index in [-0.39, 0.29) is 60.6 Å². The number of imidazole rings is 1. The van der Waals surface area contributed by atoms with Gasteiger partial charge in [-0.3, -0.25) is 4.57 Å². The van der Waals surface area contributed by atoms with Gasteiger partial charge in [0.05, 0.1) is 16.7 Å². The maximum Gasteiger partial charge on any atom is 0.380 e. The summed E-state index contributed by atoms with van der Waals surface area (Å²) in [6.07, 6.45) is 36.5. The first kappa shape index (κ1) is 96.8. The summed E-state index contributed by atoms with van der Waals surface area (Å²) in [5.41, 5.74) is 50.1. The molecule has 0 saturated carbocycles. The Balaban J connectivity index is 0.0000000933. The summed E-state index contributed by atoms with van der Waals surface area (Å²) in [5, 5.41) is 0. The van der Waals surface area contributed by atoms with E-state index in [0.29, 0.717) is 0 Å². The molecule has 0 amide bonds. The SMILES string of the molecule is C1=CB2N(C=C1)B1C=CC=CN1B1C=CC=CN1B1C=CC=CN21.[Y].[c-]1ccccc1Cc1[c-]cccc1.[c-]1ccccc1Cc1[c-]cccc1.c1ccc2c(c1)-c1ccccc1-c1ccccc1-c1ccccc1-2.c1ccc2c(c1)CC1=C2Cc2ccccc21.c1ccc2c(c1)CC1=C2c2ccccc2C1.c1ccc2c(c1)Cc1ccccc1-2.c1ccc2c(c1)Cc1ccccc1C2.c1ccc2c(c1)Cc1nc3ccccc3n1-2. The van der Waals surface area contributed by atoms with E-state index in [4.69, 9.17) is 0 Å². The minimum Gasteiger partial charge on any atom is -0.423 e. The Morgan fingerprint density at radius 3 is 0.793 bits per heavy atom. The topological polar surface area (TPSA) is 30.8 Å². The molecule has 18 aromatic carbocycles. The van der Waals surface area contributed by atoms with Crippen LogP contribution in [0.3, 0.4) is 0 Å². The van der Waals surface area contributed by atoms with Gasteiger partial charge >= 0.3 is 27.9 Å². The second-order valence-corrected chi connectivity index (χ2v) is 39.2. The summed E-state index contributed by atoms with van der Waals surface area (Å²) in [6.45, 7) is 0.741. The number of hydrogen-bond donors (Lipinski definition) is 0. The molecule has 6 aliphatic heterocycles. The van der Waals surface area contributed by atoms with Crippen molar-refractivity contribution < 1.29 is 32.7 Å². The molecule has 19 aromatic rings. The van der Waals surface area contributed by atoms with Crippen molar-refractivity contribution in [2.24, 2.45) is 0 Å². The Morgan fingerprint density at radius 2 is 0.467 bits per heavy atom. The molecule has 11 heteroatoms. The number of aromatic nitrogens is 2. The Kier molecular flexibility index (Phi) is 29.3. The van der Waals surface area contributed by atoms with E-state index in [1.165, 1.54) is 178 Å². The van der Waals surface area contributed by atoms with Gasteiger partial charge in [-0.25, -0.2) is 4.98 Å². The van der Waals surface area contributed by atoms with Gasteiger partial charge in [-0.15, -0.1) is 0 Å². The van der Waals surface area contributed by atoms with Gasteiger partial charge in [-0.2, -0.15) is 144 Å². The standard InChI is InChI=1S/C24H16.C16H16B4N4.2C16H12.C14H10N2.C14H12.3C13H10.Y/c1-2-10-18-17(9-1)19-11-3-4-13-21(19)23-15-7-8-16-24(23)22-14-6-5-12-20(18)22;1-5-13-21-17(9-1)22-14-6-2-11-19(22)24-16-8-4-12-20(24)23-15-7-3-10-18(21)23;1-3-7-14-11(5-1)9-13-10-12-6-2-4-8-15(12)16(13)14;1-3-7-13-11(5-1)9-15-14-8-4-2-6-12(14)10-16(13)15;1-3-7-12-10(5-1)9-14-15-11-6-2-4-8-13(11)16(12)14;1-2-6-12-10-14-8-4-3-7-13(14)9-11(12)5-1;1-3-7-12-10(5-1)9-11-6-2-4-8-13(11)12;2*1-3-7-12(8-4-1)11-13-9-5-2-6-10-13;/h2*1-16H;2*1-8H,9-10H2;1-8H,9H2;1-8H,9-10H2;1-8H,9H2;2*1-7,9H,11H2;/q;;;;;;;2*-2;. The molecule has 0 spiro atoms. The Hall–Kier alpha value is -16.6. The van der Waals surface area contributed by atoms with E-state index in [1.54, 1.807) is 16.7 Å². The number of fused-ring (bicyclic) bond motifs is 34. The van der Waals surface area contributed by atoms with Gasteiger partial charge in [0.15, 0.2) is 0 Å². The molecule has 0 atom stereocenters. The molecule has 0 unspecified atom stereocenters. The van der Waals surface area contributed by atoms with Crippen LogP contribution in [0.15, 0.2) is 540 Å². The average molecular weight is 1990 g/mol. The molecule has 0 bridgehead atoms. The molecule has 32 rings (SSSR count). The van der Waals surface area contributed by atoms with Crippen molar-refractivity contribution in [1.82, 2.24) is 28.4 Å². The van der Waals surface area contributed by atoms with E-state index >= 15 is 0 Å². The fourth-order valence-electron chi connectivity index (χ4n) is 23.3. The molecule has 7 heterocycles. The normalized spacial score (nSPS) is 14.2. The van der Waals surface area contributed by atoms with E-state index in [2.05, 4.69) is 508 Å². The molecule has 1 radical (unpaired) electrons. The van der Waals surface area contributed by atoms with Crippen LogP contribution in [-0.4, -0.2) is 56.4 Å². The van der Waals surface area contributed by atoms with Crippen LogP contribution >= 0.6 is 0 Å². The van der Waals surface area contributed by atoms with Crippen molar-refractivity contribution in [2.45, 2.75) is 64.2 Å². The molecule has 1 aromatic heterocycles. The Bertz CT molecular complexity index is 7590. The van der Waals surface area contributed by atoms with Gasteiger partial charge < -0.3 is 18.9 Å². The van der Waals surface area contributed by atoms with Gasteiger partial charge in [0, 0.05) is 39.1 Å². The average Bonchev–Trinajstić information content (AvgIpc) is 0.903. The van der Waals surface area contributed by atoms with Crippen LogP contribution in [0.4, 0.5) is 0 Å². The second kappa shape index (κ2) is 45.4. The first-order chi connectivity index (χ1) is 73.9. The van der Waals surface area contributed by atoms with Crippen LogP contribution in [0.5, 0.6) is 0 Å². The van der Waals surface area contributed by atoms with Crippen molar-refractivity contribution in [3.05, 3.63) is 675 Å². The van der Waals surface area contributed by atoms with E-state index < -0.39 is 0 Å². The van der Waals surface area contributed by atoms with Crippen LogP contribution in [-0.2, 0) is 96.9 Å². The van der Waals surface area contributed by atoms with Crippen molar-refractivity contribution >= 4 is 55.7 Å². The third kappa shape index (κ3) is 20.6. The fourth-order valence-corrected chi connectivity index (χ4v) is 23.3. The van der Waals surface area contributed by atoms with Crippen molar-refractivity contribution in [2.75, 3.05) is 0 Å². The van der Waals surface area contributed by atoms with Crippen molar-refractivity contribution in [3.63, 3.8) is 0 Å². The maximum atomic E-state index is 4.67. The molecule has 0 N–H and O–H groups in total. The molecule has 1 fully saturated rings. The second-order valence-electron chi connectivity index (χ2n) is 39.2. The summed E-state index contributed by atoms with van der Waals surface area (Å²) in [4.78, 5) is 4.67. The molecule has 1 saturated heterocycles. The molecule has 7 aliphatic carbocycles. The van der Waals surface area contributed by atoms with Crippen molar-refractivity contribution in [3.8, 4) is 61.3 Å². The van der Waals surface area contributed by atoms with Gasteiger partial charge in [-0.1, -0.05) is 375 Å². The third-order valence-electron chi connectivity index (χ3n) is 30.2. The van der Waals surface area contributed by atoms with E-state index in [0.717, 1.165) is 75.5 Å². The summed E-state index contributed by atoms with van der Waals surface area (Å²) in [7, 11) is 0. The number of nitrogens with zero attached hydrogens (tertiary/aromatic N) is 6. The van der Waals surface area contributed by atoms with E-state index in [1.807, 2.05) is 78.9 Å². The maximum absolute atomic E-state index is 4.67. The van der Waals surface area contributed by atoms with Crippen LogP contribution in [0.25, 0.3) is 89.1 Å². The Labute approximate surface area is 910 Å². The largest absolute Gasteiger partial charge is 0.423 e. The zero-order valence-corrected chi connectivity index (χ0v) is 86.8. The quantitative estimate of drug-likeness (QED) is 0.129. The number of benzene rings is 18. The molecular weight excluding hydrogens is 1890 g/mol. The predicted molar refractivity (Wildman–Crippen MR) is 622 cm³/mol. The van der Waals surface area contributed by atoms with Gasteiger partial charge in [-0.05, 0) is 281 Å². The minimum atomic E-state index is 0. The zero-order chi connectivity index (χ0) is 99.4. The number of para-hydroxylation sites is 3. The first-order valence-corrected chi connectivity index (χ1v) is 52.3. The predicted octanol–water partition coefficient (Wildman–Crippen LogP) is 30.8. The van der Waals surface area contributed by atoms with Crippen LogP contribution in [0, 0.1) is 24.3 Å². The number of allylic oxidation sites excluding steroid dienone is 11. The molecule has 150 heavy (non-hydrogen) atoms.